The topological polar surface area (TPSA) is 514 Å². The van der Waals surface area contributed by atoms with Crippen LogP contribution >= 0.6 is 0 Å². The fourth-order valence-electron chi connectivity index (χ4n) is 16.6. The zero-order chi connectivity index (χ0) is 103. The number of hydrogen-bond donors (Lipinski definition) is 14. The van der Waals surface area contributed by atoms with Crippen LogP contribution in [0.2, 0.25) is 0 Å². The second-order valence-electron chi connectivity index (χ2n) is 36.6. The van der Waals surface area contributed by atoms with E-state index in [4.69, 9.17) is 40.9 Å². The normalized spacial score (nSPS) is 11.2. The summed E-state index contributed by atoms with van der Waals surface area (Å²) in [5.74, 6) is -4.00. The van der Waals surface area contributed by atoms with Crippen molar-refractivity contribution < 1.29 is 163 Å². The number of aryl methyl sites for hydroxylation is 1. The Morgan fingerprint density at radius 1 is 0.307 bits per heavy atom. The molecule has 0 aliphatic heterocycles. The van der Waals surface area contributed by atoms with Gasteiger partial charge in [0.15, 0.2) is 0 Å². The number of unbranched alkanes of at least 4 members (excludes halogenated alkanes) is 6. The molecule has 22 N–H and O–H groups in total. The van der Waals surface area contributed by atoms with Gasteiger partial charge in [-0.15, -0.1) is 0 Å². The Labute approximate surface area is 939 Å². The molecule has 30 heteroatoms. The van der Waals surface area contributed by atoms with Crippen molar-refractivity contribution in [3.63, 3.8) is 0 Å². The minimum atomic E-state index is -0.967. The Kier molecular flexibility index (Phi) is 73.7. The van der Waals surface area contributed by atoms with Gasteiger partial charge in [-0.1, -0.05) is 386 Å². The Morgan fingerprint density at radius 3 is 0.887 bits per heavy atom. The number of aliphatic carboxylic acids is 4. The van der Waals surface area contributed by atoms with E-state index in [9.17, 15) is 38.4 Å². The summed E-state index contributed by atoms with van der Waals surface area (Å²) in [6.07, 6.45) is 30.3. The third-order valence-corrected chi connectivity index (χ3v) is 23.0. The van der Waals surface area contributed by atoms with Gasteiger partial charge in [-0.05, 0) is 156 Å². The molecule has 816 valence electrons. The molecule has 0 saturated heterocycles. The molecular weight excluding hydrogens is 2620 g/mol. The fraction of sp³-hybridized carbons (Fsp3) is 0.300. The maximum Gasteiger partial charge on any atom is 0.404 e. The number of carboxylic acids is 6. The number of fused-ring (bicyclic) bond motifs is 12. The maximum atomic E-state index is 10.5. The van der Waals surface area contributed by atoms with Crippen LogP contribution in [0.4, 0.5) is 9.59 Å². The van der Waals surface area contributed by atoms with E-state index in [0.29, 0.717) is 36.4 Å². The number of para-hydroxylation sites is 4. The fourth-order valence-corrected chi connectivity index (χ4v) is 16.6. The molecule has 2 fully saturated rings. The van der Waals surface area contributed by atoms with Crippen molar-refractivity contribution in [3.05, 3.63) is 362 Å². The van der Waals surface area contributed by atoms with E-state index in [1.54, 1.807) is 60.7 Å². The summed E-state index contributed by atoms with van der Waals surface area (Å²) in [4.78, 5) is 99.4. The Hall–Kier alpha value is -12.7. The van der Waals surface area contributed by atoms with Gasteiger partial charge in [-0.3, -0.25) is 39.1 Å². The van der Waals surface area contributed by atoms with E-state index in [-0.39, 0.29) is 139 Å². The SMILES string of the molecule is CC(C)(C)CC(C)(C)CC(=O)O.CCCCCCCCCC(=O)O.N.N.N.N.O=C(O)CC1CCCCC1.O=C(O)CCCc1ccccc1.O=C(O)NC1CCCCC1.O=C(O)NCCc1ccccc1.O=C(O)c1ccccc1.O=C(O)c1ccccc1.[Pt].[Pt].[Pt].[Pt].c1ccc2c(c1)cnc1ccccc12.c1ccc2c(c1)cnc1ccccc12.c1ccc2c(c1)cnc1ccccc12.c1ccc2c(c1)cnc1ccccc12. The molecule has 0 radical (unpaired) electrons. The van der Waals surface area contributed by atoms with Crippen LogP contribution in [0, 0.1) is 16.7 Å². The summed E-state index contributed by atoms with van der Waals surface area (Å²) in [7, 11) is 0. The van der Waals surface area contributed by atoms with Gasteiger partial charge in [-0.25, -0.2) is 19.2 Å². The number of aromatic carboxylic acids is 2. The molecular formula is C120H150N10O16Pt4. The first-order valence-electron chi connectivity index (χ1n) is 48.8. The predicted molar refractivity (Wildman–Crippen MR) is 594 cm³/mol. The van der Waals surface area contributed by atoms with Gasteiger partial charge in [0, 0.05) is 184 Å². The number of pyridine rings is 4. The number of benzene rings is 12. The van der Waals surface area contributed by atoms with E-state index in [1.807, 2.05) is 172 Å². The number of carbonyl (C=O) groups is 8. The van der Waals surface area contributed by atoms with E-state index >= 15 is 0 Å². The zero-order valence-electron chi connectivity index (χ0n) is 86.6. The number of amides is 2. The minimum Gasteiger partial charge on any atom is -0.481 e. The van der Waals surface area contributed by atoms with Crippen molar-refractivity contribution in [2.24, 2.45) is 16.7 Å². The maximum absolute atomic E-state index is 10.5. The van der Waals surface area contributed by atoms with Gasteiger partial charge in [0.1, 0.15) is 0 Å². The number of nitrogens with zero attached hydrogens (tertiary/aromatic N) is 4. The number of rotatable bonds is 23. The molecule has 4 heterocycles. The van der Waals surface area contributed by atoms with Crippen molar-refractivity contribution in [1.29, 1.82) is 0 Å². The van der Waals surface area contributed by atoms with Gasteiger partial charge in [0.2, 0.25) is 0 Å². The molecule has 150 heavy (non-hydrogen) atoms. The molecule has 26 nitrogen and oxygen atoms in total. The van der Waals surface area contributed by atoms with E-state index in [2.05, 4.69) is 180 Å². The van der Waals surface area contributed by atoms with Crippen LogP contribution in [0.5, 0.6) is 0 Å². The van der Waals surface area contributed by atoms with Crippen LogP contribution in [-0.4, -0.2) is 121 Å². The number of hydrogen-bond acceptors (Lipinski definition) is 16. The van der Waals surface area contributed by atoms with Gasteiger partial charge in [0.05, 0.1) is 39.6 Å². The first-order valence-corrected chi connectivity index (χ1v) is 48.8. The third-order valence-electron chi connectivity index (χ3n) is 23.0. The van der Waals surface area contributed by atoms with Crippen molar-refractivity contribution in [3.8, 4) is 0 Å². The molecule has 4 aromatic heterocycles. The van der Waals surface area contributed by atoms with Crippen molar-refractivity contribution in [2.75, 3.05) is 6.54 Å². The summed E-state index contributed by atoms with van der Waals surface area (Å²) in [5.41, 5.74) is 7.37. The molecule has 12 aromatic carbocycles. The van der Waals surface area contributed by atoms with Crippen LogP contribution in [-0.2, 0) is 116 Å². The van der Waals surface area contributed by atoms with Gasteiger partial charge in [0.25, 0.3) is 0 Å². The van der Waals surface area contributed by atoms with Crippen molar-refractivity contribution >= 4 is 135 Å². The second-order valence-corrected chi connectivity index (χ2v) is 36.6. The Bertz CT molecular complexity index is 5720. The molecule has 16 aromatic rings. The predicted octanol–water partition coefficient (Wildman–Crippen LogP) is 30.3. The van der Waals surface area contributed by atoms with Crippen LogP contribution in [0.25, 0.3) is 86.7 Å². The monoisotopic (exact) mass is 2770 g/mol. The first kappa shape index (κ1) is 139. The quantitative estimate of drug-likeness (QED) is 0.0209. The van der Waals surface area contributed by atoms with Crippen LogP contribution in [0.3, 0.4) is 0 Å². The summed E-state index contributed by atoms with van der Waals surface area (Å²) in [6, 6.07) is 103. The van der Waals surface area contributed by atoms with E-state index < -0.39 is 48.0 Å². The van der Waals surface area contributed by atoms with Crippen molar-refractivity contribution in [1.82, 2.24) is 55.2 Å². The smallest absolute Gasteiger partial charge is 0.404 e. The first-order chi connectivity index (χ1) is 68.5. The molecule has 2 aliphatic rings. The van der Waals surface area contributed by atoms with Gasteiger partial charge < -0.3 is 76.1 Å². The molecule has 18 rings (SSSR count). The summed E-state index contributed by atoms with van der Waals surface area (Å²) in [5, 5.41) is 86.9. The van der Waals surface area contributed by atoms with Crippen LogP contribution in [0.1, 0.15) is 221 Å². The average molecular weight is 2770 g/mol. The largest absolute Gasteiger partial charge is 0.481 e. The molecule has 0 bridgehead atoms. The zero-order valence-corrected chi connectivity index (χ0v) is 95.7. The molecule has 0 unspecified atom stereocenters. The van der Waals surface area contributed by atoms with E-state index in [1.165, 1.54) is 141 Å². The Balaban J connectivity index is 0. The number of nitrogens with one attached hydrogen (secondary N) is 2. The van der Waals surface area contributed by atoms with Gasteiger partial charge >= 0.3 is 48.0 Å². The Morgan fingerprint density at radius 2 is 0.593 bits per heavy atom. The molecule has 2 aliphatic carbocycles. The summed E-state index contributed by atoms with van der Waals surface area (Å²) >= 11 is 0. The summed E-state index contributed by atoms with van der Waals surface area (Å²) in [6.45, 7) is 13.1. The average Bonchev–Trinajstić information content (AvgIpc) is 0.809. The second kappa shape index (κ2) is 79.4. The molecule has 0 atom stereocenters. The molecule has 0 spiro atoms. The van der Waals surface area contributed by atoms with Crippen LogP contribution in [0.15, 0.2) is 340 Å². The standard InChI is InChI=1S/4C13H9N.C10H12O2.2C10H20O2.C9H11NO2.C8H14O2.C7H13NO2.2C7H6O2.4H3N.4Pt/c4*1-2-6-11-10(5-1)9-14-13-8-4-3-7-12(11)13;11-10(12)8-4-7-9-5-2-1-3-6-9;1-9(2,3)7-10(4,5)6-8(11)12;1-2-3-4-5-6-7-8-9-10(11)12;11-9(12)10-7-6-8-4-2-1-3-5-8;9-8(10)6-7-4-2-1-3-5-7;9-7(10)8-6-4-2-1-3-5-6;2*8-7(9)6-4-2-1-3-5-6;;;;;;;;/h4*1-9H;1-3,5-6H,4,7-8H2,(H,11,12);6-7H2,1-5H3,(H,11,12);2-9H2,1H3,(H,11,12);1-5,10H,6-7H2,(H,11,12);7H,1-6H2,(H,9,10);6,8H,1-5H2,(H,9,10);2*1-5H,(H,8,9);4*1H3;;;;. The van der Waals surface area contributed by atoms with E-state index in [0.717, 1.165) is 91.8 Å². The van der Waals surface area contributed by atoms with Gasteiger partial charge in [-0.2, -0.15) is 0 Å². The summed E-state index contributed by atoms with van der Waals surface area (Å²) < 4.78 is 0. The minimum absolute atomic E-state index is 0. The van der Waals surface area contributed by atoms with Crippen molar-refractivity contribution in [2.45, 2.75) is 208 Å². The van der Waals surface area contributed by atoms with Crippen LogP contribution < -0.4 is 35.2 Å². The number of aromatic nitrogens is 4. The number of carboxylic acid groups (broad SMARTS) is 8. The third kappa shape index (κ3) is 56.8. The molecule has 2 amide bonds. The molecule has 2 saturated carbocycles.